The van der Waals surface area contributed by atoms with E-state index in [-0.39, 0.29) is 41.6 Å². The molecule has 0 amide bonds. The van der Waals surface area contributed by atoms with Crippen LogP contribution in [0.3, 0.4) is 0 Å². The standard InChI is InChI=1S/C11H10Cl2N2O5S/c12-8-1-2-9(10(13)11(8)15(17)18)21(19,20)14-5-3-7(16)4-6-14/h1-2H,3-6H2. The van der Waals surface area contributed by atoms with Gasteiger partial charge in [0.15, 0.2) is 0 Å². The van der Waals surface area contributed by atoms with Crippen LogP contribution in [0.25, 0.3) is 0 Å². The Morgan fingerprint density at radius 1 is 1.19 bits per heavy atom. The maximum absolute atomic E-state index is 12.5. The summed E-state index contributed by atoms with van der Waals surface area (Å²) in [6.07, 6.45) is 0.235. The Hall–Kier alpha value is -1.22. The van der Waals surface area contributed by atoms with E-state index in [1.54, 1.807) is 0 Å². The molecule has 0 aliphatic carbocycles. The molecule has 21 heavy (non-hydrogen) atoms. The van der Waals surface area contributed by atoms with Crippen molar-refractivity contribution in [1.29, 1.82) is 0 Å². The largest absolute Gasteiger partial charge is 0.307 e. The smallest absolute Gasteiger partial charge is 0.300 e. The lowest BCUT2D eigenvalue weighted by Crippen LogP contribution is -2.38. The van der Waals surface area contributed by atoms with Crippen molar-refractivity contribution in [2.75, 3.05) is 13.1 Å². The third-order valence-corrected chi connectivity index (χ3v) is 5.85. The second-order valence-corrected chi connectivity index (χ2v) is 7.10. The summed E-state index contributed by atoms with van der Waals surface area (Å²) in [5, 5.41) is 10.2. The summed E-state index contributed by atoms with van der Waals surface area (Å²) >= 11 is 11.5. The molecule has 0 N–H and O–H groups in total. The summed E-state index contributed by atoms with van der Waals surface area (Å²) in [5.41, 5.74) is -0.646. The average molecular weight is 353 g/mol. The molecule has 0 atom stereocenters. The lowest BCUT2D eigenvalue weighted by molar-refractivity contribution is -0.384. The summed E-state index contributed by atoms with van der Waals surface area (Å²) in [6, 6.07) is 2.25. The molecule has 114 valence electrons. The van der Waals surface area contributed by atoms with Crippen LogP contribution >= 0.6 is 23.2 Å². The van der Waals surface area contributed by atoms with E-state index < -0.39 is 25.7 Å². The number of sulfonamides is 1. The number of hydrogen-bond donors (Lipinski definition) is 0. The van der Waals surface area contributed by atoms with Crippen LogP contribution < -0.4 is 0 Å². The van der Waals surface area contributed by atoms with Gasteiger partial charge in [-0.1, -0.05) is 23.2 Å². The Kier molecular flexibility index (Phi) is 4.52. The van der Waals surface area contributed by atoms with Crippen molar-refractivity contribution in [2.24, 2.45) is 0 Å². The first-order valence-electron chi connectivity index (χ1n) is 5.89. The molecule has 1 aliphatic rings. The van der Waals surface area contributed by atoms with E-state index >= 15 is 0 Å². The topological polar surface area (TPSA) is 97.6 Å². The van der Waals surface area contributed by atoms with Gasteiger partial charge in [0.25, 0.3) is 0 Å². The van der Waals surface area contributed by atoms with E-state index in [9.17, 15) is 23.3 Å². The quantitative estimate of drug-likeness (QED) is 0.613. The van der Waals surface area contributed by atoms with Gasteiger partial charge >= 0.3 is 5.69 Å². The first kappa shape index (κ1) is 16.2. The zero-order valence-electron chi connectivity index (χ0n) is 10.6. The van der Waals surface area contributed by atoms with Gasteiger partial charge in [-0.3, -0.25) is 14.9 Å². The maximum Gasteiger partial charge on any atom is 0.307 e. The summed E-state index contributed by atoms with van der Waals surface area (Å²) in [7, 11) is -4.00. The highest BCUT2D eigenvalue weighted by Gasteiger charge is 2.33. The molecule has 1 saturated heterocycles. The molecular weight excluding hydrogens is 343 g/mol. The van der Waals surface area contributed by atoms with Gasteiger partial charge in [0, 0.05) is 25.9 Å². The molecule has 10 heteroatoms. The van der Waals surface area contributed by atoms with E-state index in [4.69, 9.17) is 23.2 Å². The molecule has 0 unspecified atom stereocenters. The monoisotopic (exact) mass is 352 g/mol. The Morgan fingerprint density at radius 2 is 1.76 bits per heavy atom. The predicted molar refractivity (Wildman–Crippen MR) is 76.1 cm³/mol. The molecular formula is C11H10Cl2N2O5S. The van der Waals surface area contributed by atoms with Crippen molar-refractivity contribution in [1.82, 2.24) is 4.31 Å². The summed E-state index contributed by atoms with van der Waals surface area (Å²) < 4.78 is 26.0. The fourth-order valence-electron chi connectivity index (χ4n) is 2.00. The third-order valence-electron chi connectivity index (χ3n) is 3.11. The first-order valence-corrected chi connectivity index (χ1v) is 8.09. The molecule has 0 saturated carbocycles. The minimum absolute atomic E-state index is 0.0189. The number of carbonyl (C=O) groups is 1. The number of benzene rings is 1. The zero-order chi connectivity index (χ0) is 15.8. The van der Waals surface area contributed by atoms with Crippen LogP contribution in [0.4, 0.5) is 5.69 Å². The van der Waals surface area contributed by atoms with Crippen molar-refractivity contribution in [3.63, 3.8) is 0 Å². The van der Waals surface area contributed by atoms with Gasteiger partial charge in [-0.15, -0.1) is 0 Å². The predicted octanol–water partition coefficient (Wildman–Crippen LogP) is 2.26. The Morgan fingerprint density at radius 3 is 2.29 bits per heavy atom. The third kappa shape index (κ3) is 3.03. The van der Waals surface area contributed by atoms with E-state index in [2.05, 4.69) is 0 Å². The number of ketones is 1. The van der Waals surface area contributed by atoms with Gasteiger partial charge in [0.2, 0.25) is 10.0 Å². The van der Waals surface area contributed by atoms with Crippen LogP contribution in [-0.2, 0) is 14.8 Å². The number of piperidine rings is 1. The number of carbonyl (C=O) groups excluding carboxylic acids is 1. The lowest BCUT2D eigenvalue weighted by atomic mass is 10.1. The summed E-state index contributed by atoms with van der Waals surface area (Å²) in [4.78, 5) is 20.9. The van der Waals surface area contributed by atoms with Crippen molar-refractivity contribution in [3.05, 3.63) is 32.3 Å². The second-order valence-electron chi connectivity index (χ2n) is 4.41. The molecule has 2 rings (SSSR count). The van der Waals surface area contributed by atoms with Crippen molar-refractivity contribution in [2.45, 2.75) is 17.7 Å². The van der Waals surface area contributed by atoms with Gasteiger partial charge in [0.1, 0.15) is 20.7 Å². The molecule has 7 nitrogen and oxygen atoms in total. The second kappa shape index (κ2) is 5.88. The maximum atomic E-state index is 12.5. The molecule has 0 spiro atoms. The average Bonchev–Trinajstić information content (AvgIpc) is 2.38. The molecule has 1 aliphatic heterocycles. The lowest BCUT2D eigenvalue weighted by Gasteiger charge is -2.25. The Labute approximate surface area is 130 Å². The fourth-order valence-corrected chi connectivity index (χ4v) is 4.31. The van der Waals surface area contributed by atoms with Gasteiger partial charge in [-0.25, -0.2) is 8.42 Å². The Balaban J connectivity index is 2.48. The molecule has 1 heterocycles. The molecule has 1 aromatic carbocycles. The minimum Gasteiger partial charge on any atom is -0.300 e. The first-order chi connectivity index (χ1) is 9.75. The van der Waals surface area contributed by atoms with Gasteiger partial charge < -0.3 is 0 Å². The molecule has 0 bridgehead atoms. The van der Waals surface area contributed by atoms with Crippen LogP contribution in [-0.4, -0.2) is 36.5 Å². The van der Waals surface area contributed by atoms with Crippen molar-refractivity contribution < 1.29 is 18.1 Å². The fraction of sp³-hybridized carbons (Fsp3) is 0.364. The van der Waals surface area contributed by atoms with E-state index in [1.165, 1.54) is 0 Å². The number of Topliss-reactive ketones (excluding diaryl/α,β-unsaturated/α-hetero) is 1. The van der Waals surface area contributed by atoms with Crippen LogP contribution in [0.1, 0.15) is 12.8 Å². The highest BCUT2D eigenvalue weighted by molar-refractivity contribution is 7.89. The van der Waals surface area contributed by atoms with Crippen molar-refractivity contribution in [3.8, 4) is 0 Å². The number of nitrogens with zero attached hydrogens (tertiary/aromatic N) is 2. The highest BCUT2D eigenvalue weighted by atomic mass is 35.5. The van der Waals surface area contributed by atoms with Crippen LogP contribution in [0.15, 0.2) is 17.0 Å². The molecule has 0 radical (unpaired) electrons. The number of halogens is 2. The molecule has 0 aromatic heterocycles. The van der Waals surface area contributed by atoms with Crippen LogP contribution in [0.2, 0.25) is 10.0 Å². The van der Waals surface area contributed by atoms with Gasteiger partial charge in [-0.2, -0.15) is 4.31 Å². The van der Waals surface area contributed by atoms with Gasteiger partial charge in [0.05, 0.1) is 4.92 Å². The number of rotatable bonds is 3. The van der Waals surface area contributed by atoms with E-state index in [0.717, 1.165) is 16.4 Å². The highest BCUT2D eigenvalue weighted by Crippen LogP contribution is 2.38. The minimum atomic E-state index is -4.00. The van der Waals surface area contributed by atoms with Crippen LogP contribution in [0.5, 0.6) is 0 Å². The molecule has 1 aromatic rings. The van der Waals surface area contributed by atoms with E-state index in [0.29, 0.717) is 0 Å². The number of hydrogen-bond acceptors (Lipinski definition) is 5. The number of nitro benzene ring substituents is 1. The Bertz CT molecular complexity index is 710. The zero-order valence-corrected chi connectivity index (χ0v) is 12.9. The van der Waals surface area contributed by atoms with Crippen LogP contribution in [0, 0.1) is 10.1 Å². The summed E-state index contributed by atoms with van der Waals surface area (Å²) in [6.45, 7) is 0.0713. The van der Waals surface area contributed by atoms with Gasteiger partial charge in [-0.05, 0) is 12.1 Å². The summed E-state index contributed by atoms with van der Waals surface area (Å²) in [5.74, 6) is -0.0189. The van der Waals surface area contributed by atoms with E-state index in [1.807, 2.05) is 0 Å². The SMILES string of the molecule is O=C1CCN(S(=O)(=O)c2ccc(Cl)c([N+](=O)[O-])c2Cl)CC1. The number of nitro groups is 1. The normalized spacial score (nSPS) is 17.0. The molecule has 1 fully saturated rings. The van der Waals surface area contributed by atoms with Crippen molar-refractivity contribution >= 4 is 44.7 Å².